The molecular weight excluding hydrogens is 350 g/mol. The number of nitrogens with one attached hydrogen (secondary N) is 2. The first-order valence-corrected chi connectivity index (χ1v) is 8.97. The average molecular weight is 372 g/mol. The third kappa shape index (κ3) is 4.92. The maximum absolute atomic E-state index is 5.79. The van der Waals surface area contributed by atoms with E-state index in [1.54, 1.807) is 19.3 Å². The van der Waals surface area contributed by atoms with E-state index in [-0.39, 0.29) is 0 Å². The maximum Gasteiger partial charge on any atom is 0.190 e. The molecule has 0 unspecified atom stereocenters. The van der Waals surface area contributed by atoms with Crippen molar-refractivity contribution in [3.05, 3.63) is 59.3 Å². The number of pyridine rings is 2. The Balaban J connectivity index is 1.38. The number of aromatic nitrogens is 4. The molecule has 0 radical (unpaired) electrons. The predicted molar refractivity (Wildman–Crippen MR) is 104 cm³/mol. The Hall–Kier alpha value is -2.67. The molecule has 7 nitrogen and oxygen atoms in total. The van der Waals surface area contributed by atoms with Gasteiger partial charge in [-0.3, -0.25) is 9.39 Å². The summed E-state index contributed by atoms with van der Waals surface area (Å²) in [7, 11) is 1.77. The fourth-order valence-corrected chi connectivity index (χ4v) is 2.73. The Morgan fingerprint density at radius 2 is 2.00 bits per heavy atom. The van der Waals surface area contributed by atoms with Crippen molar-refractivity contribution in [2.24, 2.45) is 4.99 Å². The first-order chi connectivity index (χ1) is 12.8. The summed E-state index contributed by atoms with van der Waals surface area (Å²) in [4.78, 5) is 8.32. The molecule has 0 aliphatic heterocycles. The van der Waals surface area contributed by atoms with Gasteiger partial charge in [0.05, 0.1) is 0 Å². The van der Waals surface area contributed by atoms with Crippen LogP contribution in [0.25, 0.3) is 5.65 Å². The summed E-state index contributed by atoms with van der Waals surface area (Å²) in [6.07, 6.45) is 6.44. The zero-order valence-corrected chi connectivity index (χ0v) is 15.4. The molecule has 0 saturated carbocycles. The Morgan fingerprint density at radius 1 is 1.12 bits per heavy atom. The molecule has 3 aromatic rings. The van der Waals surface area contributed by atoms with Gasteiger partial charge in [0.25, 0.3) is 0 Å². The smallest absolute Gasteiger partial charge is 0.190 e. The highest BCUT2D eigenvalue weighted by Gasteiger charge is 2.04. The number of aryl methyl sites for hydroxylation is 1. The normalized spacial score (nSPS) is 11.7. The number of guanidine groups is 1. The minimum Gasteiger partial charge on any atom is -0.356 e. The second-order valence-electron chi connectivity index (χ2n) is 5.81. The minimum atomic E-state index is 0.514. The fraction of sp³-hybridized carbons (Fsp3) is 0.333. The van der Waals surface area contributed by atoms with Gasteiger partial charge in [0, 0.05) is 39.0 Å². The SMILES string of the molecule is CN=C(NCCCc1nnc2ccccn12)NCCc1ccc(Cl)nc1. The van der Waals surface area contributed by atoms with Crippen molar-refractivity contribution in [1.29, 1.82) is 0 Å². The molecule has 0 aliphatic rings. The summed E-state index contributed by atoms with van der Waals surface area (Å²) in [6, 6.07) is 9.69. The molecule has 0 amide bonds. The molecule has 0 aromatic carbocycles. The molecule has 26 heavy (non-hydrogen) atoms. The monoisotopic (exact) mass is 371 g/mol. The lowest BCUT2D eigenvalue weighted by atomic mass is 10.2. The number of rotatable bonds is 7. The quantitative estimate of drug-likeness (QED) is 0.288. The van der Waals surface area contributed by atoms with Gasteiger partial charge < -0.3 is 10.6 Å². The van der Waals surface area contributed by atoms with Crippen molar-refractivity contribution in [3.63, 3.8) is 0 Å². The van der Waals surface area contributed by atoms with Crippen LogP contribution in [0.1, 0.15) is 17.8 Å². The van der Waals surface area contributed by atoms with Crippen molar-refractivity contribution < 1.29 is 0 Å². The van der Waals surface area contributed by atoms with Crippen LogP contribution in [-0.4, -0.2) is 45.7 Å². The summed E-state index contributed by atoms with van der Waals surface area (Å²) in [5.74, 6) is 1.76. The van der Waals surface area contributed by atoms with Crippen LogP contribution >= 0.6 is 11.6 Å². The van der Waals surface area contributed by atoms with Crippen molar-refractivity contribution in [3.8, 4) is 0 Å². The largest absolute Gasteiger partial charge is 0.356 e. The van der Waals surface area contributed by atoms with Crippen LogP contribution in [0.4, 0.5) is 0 Å². The first-order valence-electron chi connectivity index (χ1n) is 8.60. The summed E-state index contributed by atoms with van der Waals surface area (Å²) in [6.45, 7) is 1.59. The van der Waals surface area contributed by atoms with Gasteiger partial charge in [-0.2, -0.15) is 0 Å². The van der Waals surface area contributed by atoms with Gasteiger partial charge in [-0.1, -0.05) is 23.7 Å². The van der Waals surface area contributed by atoms with Gasteiger partial charge in [0.2, 0.25) is 0 Å². The number of aliphatic imine (C=N–C) groups is 1. The molecule has 3 aromatic heterocycles. The van der Waals surface area contributed by atoms with Crippen molar-refractivity contribution in [2.75, 3.05) is 20.1 Å². The molecular formula is C18H22ClN7. The molecule has 3 rings (SSSR count). The van der Waals surface area contributed by atoms with Gasteiger partial charge in [0.15, 0.2) is 11.6 Å². The standard InChI is InChI=1S/C18H22ClN7/c1-20-18(22-11-9-14-7-8-15(19)23-13-14)21-10-4-6-17-25-24-16-5-2-3-12-26(16)17/h2-3,5,7-8,12-13H,4,6,9-11H2,1H3,(H2,20,21,22). The van der Waals surface area contributed by atoms with Crippen LogP contribution in [0.15, 0.2) is 47.7 Å². The number of halogens is 1. The molecule has 136 valence electrons. The van der Waals surface area contributed by atoms with E-state index in [4.69, 9.17) is 11.6 Å². The highest BCUT2D eigenvalue weighted by molar-refractivity contribution is 6.29. The topological polar surface area (TPSA) is 79.5 Å². The van der Waals surface area contributed by atoms with E-state index in [2.05, 4.69) is 30.8 Å². The number of hydrogen-bond donors (Lipinski definition) is 2. The van der Waals surface area contributed by atoms with Crippen molar-refractivity contribution in [1.82, 2.24) is 30.2 Å². The fourth-order valence-electron chi connectivity index (χ4n) is 2.61. The summed E-state index contributed by atoms with van der Waals surface area (Å²) < 4.78 is 2.02. The molecule has 0 bridgehead atoms. The van der Waals surface area contributed by atoms with Crippen LogP contribution in [-0.2, 0) is 12.8 Å². The molecule has 0 aliphatic carbocycles. The summed E-state index contributed by atoms with van der Waals surface area (Å²) in [5.41, 5.74) is 2.01. The van der Waals surface area contributed by atoms with Crippen molar-refractivity contribution in [2.45, 2.75) is 19.3 Å². The molecule has 0 fully saturated rings. The molecule has 0 atom stereocenters. The zero-order valence-electron chi connectivity index (χ0n) is 14.7. The Morgan fingerprint density at radius 3 is 2.81 bits per heavy atom. The zero-order chi connectivity index (χ0) is 18.2. The average Bonchev–Trinajstić information content (AvgIpc) is 3.08. The van der Waals surface area contributed by atoms with Gasteiger partial charge >= 0.3 is 0 Å². The highest BCUT2D eigenvalue weighted by Crippen LogP contribution is 2.06. The van der Waals surface area contributed by atoms with Gasteiger partial charge in [-0.15, -0.1) is 10.2 Å². The first kappa shape index (κ1) is 18.1. The van der Waals surface area contributed by atoms with E-state index < -0.39 is 0 Å². The van der Waals surface area contributed by atoms with E-state index in [9.17, 15) is 0 Å². The lowest BCUT2D eigenvalue weighted by Crippen LogP contribution is -2.38. The van der Waals surface area contributed by atoms with E-state index >= 15 is 0 Å². The molecule has 2 N–H and O–H groups in total. The predicted octanol–water partition coefficient (Wildman–Crippen LogP) is 2.12. The number of nitrogens with zero attached hydrogens (tertiary/aromatic N) is 5. The Bertz CT molecular complexity index is 857. The van der Waals surface area contributed by atoms with E-state index in [0.717, 1.165) is 55.3 Å². The lowest BCUT2D eigenvalue weighted by molar-refractivity contribution is 0.712. The maximum atomic E-state index is 5.79. The lowest BCUT2D eigenvalue weighted by Gasteiger charge is -2.11. The van der Waals surface area contributed by atoms with Gasteiger partial charge in [0.1, 0.15) is 11.0 Å². The Kier molecular flexibility index (Phi) is 6.38. The van der Waals surface area contributed by atoms with Gasteiger partial charge in [-0.05, 0) is 36.6 Å². The molecule has 0 spiro atoms. The molecule has 0 saturated heterocycles. The minimum absolute atomic E-state index is 0.514. The second kappa shape index (κ2) is 9.15. The van der Waals surface area contributed by atoms with Crippen molar-refractivity contribution >= 4 is 23.2 Å². The summed E-state index contributed by atoms with van der Waals surface area (Å²) in [5, 5.41) is 15.5. The van der Waals surface area contributed by atoms with Crippen LogP contribution in [0.2, 0.25) is 5.15 Å². The molecule has 3 heterocycles. The van der Waals surface area contributed by atoms with Gasteiger partial charge in [-0.25, -0.2) is 4.98 Å². The second-order valence-corrected chi connectivity index (χ2v) is 6.20. The van der Waals surface area contributed by atoms with Crippen LogP contribution in [0, 0.1) is 0 Å². The Labute approximate surface area is 157 Å². The van der Waals surface area contributed by atoms with E-state index in [1.165, 1.54) is 0 Å². The highest BCUT2D eigenvalue weighted by atomic mass is 35.5. The summed E-state index contributed by atoms with van der Waals surface area (Å²) >= 11 is 5.79. The number of fused-ring (bicyclic) bond motifs is 1. The van der Waals surface area contributed by atoms with Crippen LogP contribution in [0.5, 0.6) is 0 Å². The third-order valence-corrected chi connectivity index (χ3v) is 4.20. The van der Waals surface area contributed by atoms with E-state index in [1.807, 2.05) is 34.9 Å². The van der Waals surface area contributed by atoms with Crippen LogP contribution < -0.4 is 10.6 Å². The molecule has 8 heteroatoms. The van der Waals surface area contributed by atoms with Crippen LogP contribution in [0.3, 0.4) is 0 Å². The number of hydrogen-bond acceptors (Lipinski definition) is 4. The van der Waals surface area contributed by atoms with E-state index in [0.29, 0.717) is 5.15 Å². The third-order valence-electron chi connectivity index (χ3n) is 3.97.